The van der Waals surface area contributed by atoms with Crippen molar-refractivity contribution in [3.8, 4) is 5.75 Å². The van der Waals surface area contributed by atoms with E-state index >= 15 is 0 Å². The van der Waals surface area contributed by atoms with Crippen molar-refractivity contribution in [2.45, 2.75) is 27.3 Å². The molecule has 1 aromatic carbocycles. The van der Waals surface area contributed by atoms with Gasteiger partial charge in [0.1, 0.15) is 10.8 Å². The van der Waals surface area contributed by atoms with Crippen LogP contribution >= 0.6 is 12.6 Å². The Morgan fingerprint density at radius 1 is 1.41 bits per heavy atom. The van der Waals surface area contributed by atoms with E-state index in [0.29, 0.717) is 17.9 Å². The number of hydrogen-bond donors (Lipinski definition) is 3. The third-order valence-electron chi connectivity index (χ3n) is 3.54. The maximum Gasteiger partial charge on any atom is 0.230 e. The molecule has 0 aliphatic heterocycles. The Morgan fingerprint density at radius 2 is 2.00 bits per heavy atom. The molecule has 1 amide bonds. The molecule has 0 unspecified atom stereocenters. The fourth-order valence-electron chi connectivity index (χ4n) is 1.70. The van der Waals surface area contributed by atoms with Crippen molar-refractivity contribution in [2.75, 3.05) is 6.86 Å². The summed E-state index contributed by atoms with van der Waals surface area (Å²) in [6, 6.07) is 6.79. The monoisotopic (exact) mass is 325 g/mol. The molecule has 0 fully saturated rings. The Hall–Kier alpha value is -1.89. The van der Waals surface area contributed by atoms with Gasteiger partial charge in [-0.15, -0.1) is 12.6 Å². The molecule has 0 saturated heterocycles. The van der Waals surface area contributed by atoms with Gasteiger partial charge < -0.3 is 10.1 Å². The Labute approximate surface area is 134 Å². The van der Waals surface area contributed by atoms with Crippen LogP contribution < -0.4 is 10.1 Å². The van der Waals surface area contributed by atoms with E-state index in [9.17, 15) is 9.18 Å². The molecule has 0 aliphatic carbocycles. The van der Waals surface area contributed by atoms with Crippen LogP contribution in [0.5, 0.6) is 5.75 Å². The second-order valence-electron chi connectivity index (χ2n) is 5.27. The molecular weight excluding hydrogens is 305 g/mol. The van der Waals surface area contributed by atoms with Crippen molar-refractivity contribution in [2.24, 2.45) is 10.5 Å². The van der Waals surface area contributed by atoms with Gasteiger partial charge in [-0.3, -0.25) is 4.79 Å². The number of nitrogens with one attached hydrogen (secondary N) is 2. The molecule has 7 heteroatoms. The Balaban J connectivity index is 2.71. The maximum absolute atomic E-state index is 12.3. The highest BCUT2D eigenvalue weighted by atomic mass is 32.1. The zero-order chi connectivity index (χ0) is 16.8. The van der Waals surface area contributed by atoms with E-state index in [4.69, 9.17) is 10.3 Å². The molecule has 0 spiro atoms. The minimum atomic E-state index is -0.872. The van der Waals surface area contributed by atoms with Gasteiger partial charge in [-0.2, -0.15) is 5.11 Å². The molecule has 1 rings (SSSR count). The maximum atomic E-state index is 12.3. The van der Waals surface area contributed by atoms with E-state index in [1.807, 2.05) is 0 Å². The number of rotatable bonds is 7. The number of alkyl halides is 1. The fourth-order valence-corrected chi connectivity index (χ4v) is 1.98. The largest absolute Gasteiger partial charge is 0.463 e. The topological polar surface area (TPSA) is 74.5 Å². The summed E-state index contributed by atoms with van der Waals surface area (Å²) < 4.78 is 16.7. The number of thiol groups is 1. The first-order chi connectivity index (χ1) is 10.3. The number of nitrogens with zero attached hydrogens (tertiary/aromatic N) is 1. The number of hydrogen-bond acceptors (Lipinski definition) is 5. The Morgan fingerprint density at radius 3 is 2.50 bits per heavy atom. The number of halogens is 1. The second kappa shape index (κ2) is 7.93. The van der Waals surface area contributed by atoms with Crippen molar-refractivity contribution in [3.05, 3.63) is 40.4 Å². The summed E-state index contributed by atoms with van der Waals surface area (Å²) >= 11 is 4.08. The lowest BCUT2D eigenvalue weighted by Gasteiger charge is -2.25. The Bertz CT molecular complexity index is 571. The fraction of sp³-hybridized carbons (Fsp3) is 0.400. The smallest absolute Gasteiger partial charge is 0.230 e. The molecular formula is C15H20FN3O2S. The van der Waals surface area contributed by atoms with Gasteiger partial charge in [-0.05, 0) is 44.0 Å². The van der Waals surface area contributed by atoms with E-state index in [2.05, 4.69) is 23.1 Å². The molecule has 0 aromatic heterocycles. The average Bonchev–Trinajstić information content (AvgIpc) is 2.52. The minimum absolute atomic E-state index is 0.190. The van der Waals surface area contributed by atoms with Gasteiger partial charge in [0.25, 0.3) is 0 Å². The van der Waals surface area contributed by atoms with Gasteiger partial charge >= 0.3 is 0 Å². The highest BCUT2D eigenvalue weighted by molar-refractivity contribution is 7.84. The summed E-state index contributed by atoms with van der Waals surface area (Å²) in [6.45, 7) is 4.69. The molecule has 22 heavy (non-hydrogen) atoms. The molecule has 1 aromatic rings. The highest BCUT2D eigenvalue weighted by Gasteiger charge is 2.31. The summed E-state index contributed by atoms with van der Waals surface area (Å²) in [7, 11) is 0. The first-order valence-corrected chi connectivity index (χ1v) is 7.11. The van der Waals surface area contributed by atoms with Crippen LogP contribution in [0, 0.1) is 10.9 Å². The van der Waals surface area contributed by atoms with Crippen molar-refractivity contribution < 1.29 is 13.9 Å². The minimum Gasteiger partial charge on any atom is -0.463 e. The molecule has 0 heterocycles. The van der Waals surface area contributed by atoms with Crippen LogP contribution in [0.15, 0.2) is 40.0 Å². The summed E-state index contributed by atoms with van der Waals surface area (Å²) in [5.41, 5.74) is 7.64. The van der Waals surface area contributed by atoms with Gasteiger partial charge in [-0.1, -0.05) is 12.1 Å². The van der Waals surface area contributed by atoms with Crippen LogP contribution in [-0.2, 0) is 11.3 Å². The molecule has 0 bridgehead atoms. The van der Waals surface area contributed by atoms with E-state index in [1.54, 1.807) is 45.0 Å². The number of carbonyl (C=O) groups excluding carboxylic acids is 1. The van der Waals surface area contributed by atoms with Crippen LogP contribution in [0.4, 0.5) is 4.39 Å². The summed E-state index contributed by atoms with van der Waals surface area (Å²) in [6.07, 6.45) is 0. The Kier molecular flexibility index (Phi) is 6.55. The third kappa shape index (κ3) is 4.56. The average molecular weight is 325 g/mol. The predicted octanol–water partition coefficient (Wildman–Crippen LogP) is 3.83. The van der Waals surface area contributed by atoms with Crippen molar-refractivity contribution in [1.82, 2.24) is 5.32 Å². The molecule has 2 N–H and O–H groups in total. The summed E-state index contributed by atoms with van der Waals surface area (Å²) in [5, 5.41) is 6.31. The zero-order valence-corrected chi connectivity index (χ0v) is 13.7. The summed E-state index contributed by atoms with van der Waals surface area (Å²) in [4.78, 5) is 12.3. The van der Waals surface area contributed by atoms with Crippen LogP contribution in [0.3, 0.4) is 0 Å². The van der Waals surface area contributed by atoms with Crippen LogP contribution in [0.2, 0.25) is 0 Å². The van der Waals surface area contributed by atoms with E-state index in [1.165, 1.54) is 0 Å². The first-order valence-electron chi connectivity index (χ1n) is 6.66. The quantitative estimate of drug-likeness (QED) is 0.526. The van der Waals surface area contributed by atoms with Gasteiger partial charge in [0.2, 0.25) is 12.8 Å². The molecule has 0 saturated carbocycles. The first kappa shape index (κ1) is 18.2. The van der Waals surface area contributed by atoms with Gasteiger partial charge in [0.15, 0.2) is 0 Å². The van der Waals surface area contributed by atoms with Crippen molar-refractivity contribution >= 4 is 18.5 Å². The van der Waals surface area contributed by atoms with Crippen LogP contribution in [0.25, 0.3) is 0 Å². The van der Waals surface area contributed by atoms with E-state index in [0.717, 1.165) is 5.56 Å². The normalized spacial score (nSPS) is 12.4. The van der Waals surface area contributed by atoms with Crippen molar-refractivity contribution in [1.29, 1.82) is 5.53 Å². The van der Waals surface area contributed by atoms with E-state index in [-0.39, 0.29) is 10.9 Å². The number of amides is 1. The number of carbonyl (C=O) groups is 1. The molecule has 0 aliphatic rings. The van der Waals surface area contributed by atoms with Gasteiger partial charge in [-0.25, -0.2) is 9.92 Å². The SMILES string of the molecule is C/C(=C(/S)N=N)C(C)(C)C(=O)NCc1ccc(OCF)cc1. The molecule has 5 nitrogen and oxygen atoms in total. The predicted molar refractivity (Wildman–Crippen MR) is 85.5 cm³/mol. The lowest BCUT2D eigenvalue weighted by molar-refractivity contribution is -0.127. The highest BCUT2D eigenvalue weighted by Crippen LogP contribution is 2.30. The van der Waals surface area contributed by atoms with Crippen LogP contribution in [0.1, 0.15) is 26.3 Å². The second-order valence-corrected chi connectivity index (χ2v) is 5.69. The zero-order valence-electron chi connectivity index (χ0n) is 12.8. The van der Waals surface area contributed by atoms with Crippen molar-refractivity contribution in [3.63, 3.8) is 0 Å². The lowest BCUT2D eigenvalue weighted by Crippen LogP contribution is -2.37. The van der Waals surface area contributed by atoms with E-state index < -0.39 is 12.3 Å². The van der Waals surface area contributed by atoms with Gasteiger partial charge in [0.05, 0.1) is 5.41 Å². The molecule has 120 valence electrons. The summed E-state index contributed by atoms with van der Waals surface area (Å²) in [5.74, 6) is 0.248. The van der Waals surface area contributed by atoms with Crippen LogP contribution in [-0.4, -0.2) is 12.8 Å². The molecule has 0 radical (unpaired) electrons. The third-order valence-corrected chi connectivity index (χ3v) is 3.98. The molecule has 0 atom stereocenters. The standard InChI is InChI=1S/C15H20FN3O2S/c1-10(13(22)19-17)15(2,3)14(20)18-8-11-4-6-12(7-5-11)21-9-16/h4-7,17,22H,8-9H2,1-3H3,(H,18,20)/b13-10-,19-17?. The van der Waals surface area contributed by atoms with Gasteiger partial charge in [0, 0.05) is 6.54 Å². The number of ether oxygens (including phenoxy) is 1. The lowest BCUT2D eigenvalue weighted by atomic mass is 9.84. The number of benzene rings is 1.